The number of carbonyl (C=O) groups excluding carboxylic acids is 4. The van der Waals surface area contributed by atoms with Crippen LogP contribution in [0.4, 0.5) is 5.69 Å². The summed E-state index contributed by atoms with van der Waals surface area (Å²) in [5.41, 5.74) is 3.59. The molecule has 1 N–H and O–H groups in total. The van der Waals surface area contributed by atoms with E-state index in [2.05, 4.69) is 0 Å². The average Bonchev–Trinajstić information content (AvgIpc) is 3.20. The molecular weight excluding hydrogens is 482 g/mol. The number of para-hydroxylation sites is 1. The Kier molecular flexibility index (Phi) is 5.95. The molecule has 7 nitrogen and oxygen atoms in total. The van der Waals surface area contributed by atoms with E-state index in [0.29, 0.717) is 34.6 Å². The lowest BCUT2D eigenvalue weighted by Crippen LogP contribution is -2.39. The third-order valence-electron chi connectivity index (χ3n) is 8.15. The summed E-state index contributed by atoms with van der Waals surface area (Å²) in [5, 5.41) is 9.06. The topological polar surface area (TPSA) is 101 Å². The molecule has 0 spiro atoms. The molecule has 0 bridgehead atoms. The number of Topliss-reactive ketones (excluding diaryl/α,β-unsaturated/α-hetero) is 1. The Morgan fingerprint density at radius 3 is 2.39 bits per heavy atom. The maximum absolute atomic E-state index is 13.8. The van der Waals surface area contributed by atoms with Crippen molar-refractivity contribution in [3.8, 4) is 5.75 Å². The van der Waals surface area contributed by atoms with Crippen molar-refractivity contribution in [2.24, 2.45) is 17.8 Å². The zero-order valence-corrected chi connectivity index (χ0v) is 20.9. The van der Waals surface area contributed by atoms with E-state index in [1.165, 1.54) is 11.0 Å². The predicted molar refractivity (Wildman–Crippen MR) is 139 cm³/mol. The maximum Gasteiger partial charge on any atom is 0.238 e. The number of rotatable bonds is 5. The highest BCUT2D eigenvalue weighted by Crippen LogP contribution is 2.55. The number of hydrogen-bond donors (Lipinski definition) is 1. The Bertz CT molecular complexity index is 1450. The van der Waals surface area contributed by atoms with Gasteiger partial charge in [-0.25, -0.2) is 0 Å². The van der Waals surface area contributed by atoms with Crippen LogP contribution in [0.5, 0.6) is 5.75 Å². The number of aliphatic hydroxyl groups excluding tert-OH is 1. The first-order valence-corrected chi connectivity index (χ1v) is 12.9. The van der Waals surface area contributed by atoms with E-state index in [9.17, 15) is 19.2 Å². The molecule has 1 heterocycles. The van der Waals surface area contributed by atoms with Gasteiger partial charge >= 0.3 is 0 Å². The minimum Gasteiger partial charge on any atom is -0.491 e. The summed E-state index contributed by atoms with van der Waals surface area (Å²) < 4.78 is 5.51. The normalized spacial score (nSPS) is 26.5. The highest BCUT2D eigenvalue weighted by atomic mass is 16.5. The molecule has 2 aromatic carbocycles. The molecule has 1 fully saturated rings. The van der Waals surface area contributed by atoms with Gasteiger partial charge in [0, 0.05) is 22.6 Å². The van der Waals surface area contributed by atoms with Crippen LogP contribution in [0.1, 0.15) is 31.2 Å². The zero-order chi connectivity index (χ0) is 26.6. The first kappa shape index (κ1) is 24.2. The fraction of sp³-hybridized carbons (Fsp3) is 0.290. The number of anilines is 1. The highest BCUT2D eigenvalue weighted by molar-refractivity contribution is 6.25. The smallest absolute Gasteiger partial charge is 0.238 e. The van der Waals surface area contributed by atoms with Crippen molar-refractivity contribution < 1.29 is 29.0 Å². The number of amides is 2. The molecule has 192 valence electrons. The minimum atomic E-state index is -0.596. The number of hydrogen-bond acceptors (Lipinski definition) is 6. The standard InChI is InChI=1S/C31H27NO6/c1-17-15-25(34)24-16-23-21(26(28(24)29(17)35)18-7-9-20(10-8-18)38-14-13-33)11-12-22-27(23)31(37)32(30(22)36)19-5-3-2-4-6-19/h2-11,15,22-23,26-27,33H,12-14,16H2,1H3. The van der Waals surface area contributed by atoms with Crippen LogP contribution in [-0.4, -0.2) is 41.7 Å². The molecule has 2 aromatic rings. The van der Waals surface area contributed by atoms with Crippen molar-refractivity contribution in [3.63, 3.8) is 0 Å². The predicted octanol–water partition coefficient (Wildman–Crippen LogP) is 3.69. The molecule has 0 radical (unpaired) electrons. The Labute approximate surface area is 220 Å². The van der Waals surface area contributed by atoms with E-state index >= 15 is 0 Å². The maximum atomic E-state index is 13.8. The van der Waals surface area contributed by atoms with E-state index in [4.69, 9.17) is 9.84 Å². The van der Waals surface area contributed by atoms with Crippen LogP contribution < -0.4 is 9.64 Å². The molecular formula is C31H27NO6. The molecule has 0 aromatic heterocycles. The van der Waals surface area contributed by atoms with Crippen LogP contribution in [0.15, 0.2) is 89.0 Å². The monoisotopic (exact) mass is 509 g/mol. The Morgan fingerprint density at radius 2 is 1.68 bits per heavy atom. The van der Waals surface area contributed by atoms with Gasteiger partial charge in [-0.2, -0.15) is 0 Å². The van der Waals surface area contributed by atoms with E-state index in [1.54, 1.807) is 43.3 Å². The van der Waals surface area contributed by atoms with Crippen LogP contribution in [0.3, 0.4) is 0 Å². The van der Waals surface area contributed by atoms with E-state index in [0.717, 1.165) is 11.1 Å². The van der Waals surface area contributed by atoms with Gasteiger partial charge in [-0.05, 0) is 61.6 Å². The van der Waals surface area contributed by atoms with Crippen LogP contribution in [-0.2, 0) is 19.2 Å². The third kappa shape index (κ3) is 3.69. The Hall–Kier alpha value is -4.10. The zero-order valence-electron chi connectivity index (χ0n) is 20.9. The van der Waals surface area contributed by atoms with Crippen LogP contribution in [0, 0.1) is 17.8 Å². The van der Waals surface area contributed by atoms with E-state index < -0.39 is 17.8 Å². The van der Waals surface area contributed by atoms with E-state index in [-0.39, 0.29) is 48.9 Å². The number of fused-ring (bicyclic) bond motifs is 3. The van der Waals surface area contributed by atoms with Gasteiger partial charge in [0.1, 0.15) is 12.4 Å². The van der Waals surface area contributed by atoms with Gasteiger partial charge in [-0.3, -0.25) is 24.1 Å². The first-order chi connectivity index (χ1) is 18.4. The van der Waals surface area contributed by atoms with Crippen LogP contribution in [0.2, 0.25) is 0 Å². The van der Waals surface area contributed by atoms with Crippen LogP contribution >= 0.6 is 0 Å². The van der Waals surface area contributed by atoms with E-state index in [1.807, 2.05) is 24.3 Å². The van der Waals surface area contributed by atoms with Crippen molar-refractivity contribution in [2.75, 3.05) is 18.1 Å². The lowest BCUT2D eigenvalue weighted by molar-refractivity contribution is -0.123. The quantitative estimate of drug-likeness (QED) is 0.375. The number of ketones is 2. The van der Waals surface area contributed by atoms with Gasteiger partial charge in [-0.15, -0.1) is 0 Å². The summed E-state index contributed by atoms with van der Waals surface area (Å²) in [4.78, 5) is 55.2. The molecule has 4 atom stereocenters. The van der Waals surface area contributed by atoms with Gasteiger partial charge in [0.25, 0.3) is 0 Å². The summed E-state index contributed by atoms with van der Waals surface area (Å²) >= 11 is 0. The molecule has 1 saturated heterocycles. The number of allylic oxidation sites excluding steroid dienone is 6. The summed E-state index contributed by atoms with van der Waals surface area (Å²) in [7, 11) is 0. The molecule has 3 aliphatic carbocycles. The molecule has 4 unspecified atom stereocenters. The fourth-order valence-corrected chi connectivity index (χ4v) is 6.49. The SMILES string of the molecule is CC1=CC(=O)C2=C(C1=O)C(c1ccc(OCCO)cc1)C1=CCC3C(=O)N(c4ccccc4)C(=O)C3C1C2. The summed E-state index contributed by atoms with van der Waals surface area (Å²) in [6, 6.07) is 16.2. The van der Waals surface area contributed by atoms with Crippen molar-refractivity contribution in [1.82, 2.24) is 0 Å². The van der Waals surface area contributed by atoms with Crippen molar-refractivity contribution in [2.45, 2.75) is 25.7 Å². The van der Waals surface area contributed by atoms with Crippen molar-refractivity contribution in [3.05, 3.63) is 94.6 Å². The molecule has 38 heavy (non-hydrogen) atoms. The van der Waals surface area contributed by atoms with Gasteiger partial charge in [0.05, 0.1) is 24.1 Å². The molecule has 6 rings (SSSR count). The highest BCUT2D eigenvalue weighted by Gasteiger charge is 2.56. The summed E-state index contributed by atoms with van der Waals surface area (Å²) in [6.07, 6.45) is 4.06. The third-order valence-corrected chi connectivity index (χ3v) is 8.15. The molecule has 0 saturated carbocycles. The van der Waals surface area contributed by atoms with Gasteiger partial charge < -0.3 is 9.84 Å². The van der Waals surface area contributed by atoms with Crippen LogP contribution in [0.25, 0.3) is 0 Å². The first-order valence-electron chi connectivity index (χ1n) is 12.9. The number of benzene rings is 2. The average molecular weight is 510 g/mol. The second kappa shape index (κ2) is 9.33. The minimum absolute atomic E-state index is 0.104. The largest absolute Gasteiger partial charge is 0.491 e. The lowest BCUT2D eigenvalue weighted by Gasteiger charge is -2.42. The second-order valence-corrected chi connectivity index (χ2v) is 10.2. The number of nitrogens with zero attached hydrogens (tertiary/aromatic N) is 1. The molecule has 7 heteroatoms. The molecule has 4 aliphatic rings. The van der Waals surface area contributed by atoms with Crippen molar-refractivity contribution >= 4 is 29.1 Å². The second-order valence-electron chi connectivity index (χ2n) is 10.2. The van der Waals surface area contributed by atoms with Gasteiger partial charge in [0.15, 0.2) is 11.6 Å². The summed E-state index contributed by atoms with van der Waals surface area (Å²) in [5.74, 6) is -2.21. The Morgan fingerprint density at radius 1 is 0.947 bits per heavy atom. The Balaban J connectivity index is 1.44. The van der Waals surface area contributed by atoms with Crippen molar-refractivity contribution in [1.29, 1.82) is 0 Å². The number of carbonyl (C=O) groups is 4. The molecule has 2 amide bonds. The number of aliphatic hydroxyl groups is 1. The lowest BCUT2D eigenvalue weighted by atomic mass is 9.59. The fourth-order valence-electron chi connectivity index (χ4n) is 6.49. The number of imide groups is 1. The summed E-state index contributed by atoms with van der Waals surface area (Å²) in [6.45, 7) is 1.72. The number of ether oxygens (including phenoxy) is 1. The van der Waals surface area contributed by atoms with Gasteiger partial charge in [-0.1, -0.05) is 42.0 Å². The molecule has 1 aliphatic heterocycles. The van der Waals surface area contributed by atoms with Gasteiger partial charge in [0.2, 0.25) is 11.8 Å².